The Morgan fingerprint density at radius 2 is 2.38 bits per heavy atom. The summed E-state index contributed by atoms with van der Waals surface area (Å²) in [5, 5.41) is 19.7. The molecule has 0 bridgehead atoms. The largest absolute Gasteiger partial charge is 0.481 e. The number of carboxylic acid groups (broad SMARTS) is 1. The lowest BCUT2D eigenvalue weighted by Gasteiger charge is -2.01. The van der Waals surface area contributed by atoms with Crippen LogP contribution in [0.4, 0.5) is 0 Å². The van der Waals surface area contributed by atoms with Gasteiger partial charge in [-0.25, -0.2) is 0 Å². The number of carboxylic acids is 1. The summed E-state index contributed by atoms with van der Waals surface area (Å²) in [6.45, 7) is 0. The summed E-state index contributed by atoms with van der Waals surface area (Å²) in [7, 11) is 0. The molecular formula is C9H9N5O2. The molecule has 2 rings (SSSR count). The quantitative estimate of drug-likeness (QED) is 0.782. The molecule has 0 aromatic carbocycles. The normalized spacial score (nSPS) is 10.2. The van der Waals surface area contributed by atoms with Gasteiger partial charge in [0.15, 0.2) is 5.82 Å². The van der Waals surface area contributed by atoms with E-state index in [4.69, 9.17) is 5.11 Å². The van der Waals surface area contributed by atoms with E-state index in [1.807, 2.05) is 0 Å². The first-order valence-electron chi connectivity index (χ1n) is 4.67. The van der Waals surface area contributed by atoms with E-state index in [1.54, 1.807) is 24.5 Å². The van der Waals surface area contributed by atoms with Crippen molar-refractivity contribution in [3.63, 3.8) is 0 Å². The summed E-state index contributed by atoms with van der Waals surface area (Å²) in [6, 6.07) is 3.56. The lowest BCUT2D eigenvalue weighted by Crippen LogP contribution is -2.06. The first kappa shape index (κ1) is 10.2. The van der Waals surface area contributed by atoms with Gasteiger partial charge in [-0.1, -0.05) is 0 Å². The van der Waals surface area contributed by atoms with Crippen LogP contribution in [0, 0.1) is 0 Å². The average Bonchev–Trinajstić information content (AvgIpc) is 2.75. The second kappa shape index (κ2) is 4.47. The molecule has 0 aliphatic heterocycles. The number of aromatic nitrogens is 5. The molecule has 2 aromatic rings. The third-order valence-electron chi connectivity index (χ3n) is 1.99. The summed E-state index contributed by atoms with van der Waals surface area (Å²) < 4.78 is 1.48. The lowest BCUT2D eigenvalue weighted by molar-refractivity contribution is -0.137. The van der Waals surface area contributed by atoms with Gasteiger partial charge >= 0.3 is 5.97 Å². The first-order chi connectivity index (χ1) is 7.77. The molecule has 0 saturated heterocycles. The van der Waals surface area contributed by atoms with E-state index in [2.05, 4.69) is 20.5 Å². The Kier molecular flexibility index (Phi) is 2.86. The summed E-state index contributed by atoms with van der Waals surface area (Å²) in [5.41, 5.74) is 0.716. The minimum atomic E-state index is -0.874. The molecule has 0 spiro atoms. The second-order valence-electron chi connectivity index (χ2n) is 3.11. The van der Waals surface area contributed by atoms with Crippen LogP contribution in [0.25, 0.3) is 5.69 Å². The second-order valence-corrected chi connectivity index (χ2v) is 3.11. The molecule has 1 N–H and O–H groups in total. The fourth-order valence-electron chi connectivity index (χ4n) is 1.26. The van der Waals surface area contributed by atoms with Crippen LogP contribution in [0.1, 0.15) is 12.2 Å². The van der Waals surface area contributed by atoms with Crippen molar-refractivity contribution in [3.8, 4) is 5.69 Å². The number of nitrogens with zero attached hydrogens (tertiary/aromatic N) is 5. The van der Waals surface area contributed by atoms with E-state index in [1.165, 1.54) is 4.68 Å². The minimum absolute atomic E-state index is 0.000630. The Morgan fingerprint density at radius 3 is 3.06 bits per heavy atom. The van der Waals surface area contributed by atoms with Gasteiger partial charge in [-0.05, 0) is 22.6 Å². The standard InChI is InChI=1S/C9H9N5O2/c15-9(16)4-3-8-11-12-13-14(8)7-2-1-5-10-6-7/h1-2,5-6H,3-4H2,(H,15,16). The molecule has 0 unspecified atom stereocenters. The van der Waals surface area contributed by atoms with E-state index in [-0.39, 0.29) is 12.8 Å². The van der Waals surface area contributed by atoms with Crippen molar-refractivity contribution in [1.82, 2.24) is 25.2 Å². The van der Waals surface area contributed by atoms with Crippen LogP contribution >= 0.6 is 0 Å². The van der Waals surface area contributed by atoms with Crippen molar-refractivity contribution in [3.05, 3.63) is 30.4 Å². The molecule has 7 heteroatoms. The predicted molar refractivity (Wildman–Crippen MR) is 52.9 cm³/mol. The predicted octanol–water partition coefficient (Wildman–Crippen LogP) is 0.0745. The van der Waals surface area contributed by atoms with Gasteiger partial charge in [0, 0.05) is 12.6 Å². The Labute approximate surface area is 90.7 Å². The molecule has 0 aliphatic carbocycles. The van der Waals surface area contributed by atoms with Gasteiger partial charge in [0.2, 0.25) is 0 Å². The van der Waals surface area contributed by atoms with E-state index in [0.717, 1.165) is 0 Å². The van der Waals surface area contributed by atoms with E-state index < -0.39 is 5.97 Å². The van der Waals surface area contributed by atoms with E-state index in [0.29, 0.717) is 11.5 Å². The van der Waals surface area contributed by atoms with Crippen LogP contribution in [0.3, 0.4) is 0 Å². The summed E-state index contributed by atoms with van der Waals surface area (Å²) in [5.74, 6) is -0.365. The van der Waals surface area contributed by atoms with Crippen molar-refractivity contribution in [2.45, 2.75) is 12.8 Å². The van der Waals surface area contributed by atoms with Crippen LogP contribution < -0.4 is 0 Å². The Morgan fingerprint density at radius 1 is 1.50 bits per heavy atom. The number of pyridine rings is 1. The maximum atomic E-state index is 10.5. The molecular weight excluding hydrogens is 210 g/mol. The van der Waals surface area contributed by atoms with Crippen molar-refractivity contribution in [1.29, 1.82) is 0 Å². The number of aryl methyl sites for hydroxylation is 1. The van der Waals surface area contributed by atoms with Crippen molar-refractivity contribution in [2.75, 3.05) is 0 Å². The van der Waals surface area contributed by atoms with Gasteiger partial charge in [0.1, 0.15) is 0 Å². The fourth-order valence-corrected chi connectivity index (χ4v) is 1.26. The smallest absolute Gasteiger partial charge is 0.303 e. The zero-order valence-electron chi connectivity index (χ0n) is 8.32. The van der Waals surface area contributed by atoms with Crippen LogP contribution in [0.5, 0.6) is 0 Å². The molecule has 0 atom stereocenters. The van der Waals surface area contributed by atoms with Gasteiger partial charge in [-0.15, -0.1) is 5.10 Å². The van der Waals surface area contributed by atoms with Gasteiger partial charge in [0.05, 0.1) is 18.3 Å². The van der Waals surface area contributed by atoms with Crippen molar-refractivity contribution >= 4 is 5.97 Å². The summed E-state index contributed by atoms with van der Waals surface area (Å²) >= 11 is 0. The van der Waals surface area contributed by atoms with Gasteiger partial charge < -0.3 is 5.11 Å². The topological polar surface area (TPSA) is 93.8 Å². The van der Waals surface area contributed by atoms with E-state index in [9.17, 15) is 4.79 Å². The highest BCUT2D eigenvalue weighted by atomic mass is 16.4. The third kappa shape index (κ3) is 2.19. The van der Waals surface area contributed by atoms with Crippen LogP contribution in [-0.2, 0) is 11.2 Å². The average molecular weight is 219 g/mol. The zero-order valence-corrected chi connectivity index (χ0v) is 8.32. The Bertz CT molecular complexity index is 482. The Balaban J connectivity index is 2.23. The molecule has 82 valence electrons. The number of tetrazole rings is 1. The highest BCUT2D eigenvalue weighted by Crippen LogP contribution is 2.06. The maximum absolute atomic E-state index is 10.5. The number of hydrogen-bond donors (Lipinski definition) is 1. The first-order valence-corrected chi connectivity index (χ1v) is 4.67. The highest BCUT2D eigenvalue weighted by Gasteiger charge is 2.09. The van der Waals surface area contributed by atoms with E-state index >= 15 is 0 Å². The SMILES string of the molecule is O=C(O)CCc1nnnn1-c1cccnc1. The molecule has 0 saturated carbocycles. The molecule has 0 aliphatic rings. The van der Waals surface area contributed by atoms with Gasteiger partial charge in [-0.3, -0.25) is 9.78 Å². The summed E-state index contributed by atoms with van der Waals surface area (Å²) in [4.78, 5) is 14.4. The molecule has 7 nitrogen and oxygen atoms in total. The molecule has 0 fully saturated rings. The van der Waals surface area contributed by atoms with Crippen LogP contribution in [0.2, 0.25) is 0 Å². The molecule has 16 heavy (non-hydrogen) atoms. The highest BCUT2D eigenvalue weighted by molar-refractivity contribution is 5.66. The number of aliphatic carboxylic acids is 1. The number of carbonyl (C=O) groups is 1. The maximum Gasteiger partial charge on any atom is 0.303 e. The van der Waals surface area contributed by atoms with Crippen molar-refractivity contribution < 1.29 is 9.90 Å². The summed E-state index contributed by atoms with van der Waals surface area (Å²) in [6.07, 6.45) is 3.54. The van der Waals surface area contributed by atoms with Gasteiger partial charge in [0.25, 0.3) is 0 Å². The lowest BCUT2D eigenvalue weighted by atomic mass is 10.3. The molecule has 2 aromatic heterocycles. The molecule has 0 amide bonds. The van der Waals surface area contributed by atoms with Crippen molar-refractivity contribution in [2.24, 2.45) is 0 Å². The molecule has 0 radical (unpaired) electrons. The minimum Gasteiger partial charge on any atom is -0.481 e. The molecule has 2 heterocycles. The van der Waals surface area contributed by atoms with Gasteiger partial charge in [-0.2, -0.15) is 4.68 Å². The third-order valence-corrected chi connectivity index (χ3v) is 1.99. The fraction of sp³-hybridized carbons (Fsp3) is 0.222. The van der Waals surface area contributed by atoms with Crippen LogP contribution in [0.15, 0.2) is 24.5 Å². The monoisotopic (exact) mass is 219 g/mol. The zero-order chi connectivity index (χ0) is 11.4. The van der Waals surface area contributed by atoms with Crippen LogP contribution in [-0.4, -0.2) is 36.3 Å². The number of hydrogen-bond acceptors (Lipinski definition) is 5. The Hall–Kier alpha value is -2.31. The number of rotatable bonds is 4.